The van der Waals surface area contributed by atoms with Crippen molar-refractivity contribution in [2.75, 3.05) is 13.1 Å². The van der Waals surface area contributed by atoms with E-state index in [-0.39, 0.29) is 11.9 Å². The molecule has 6 heteroatoms. The van der Waals surface area contributed by atoms with Crippen LogP contribution in [-0.2, 0) is 11.3 Å². The molecule has 118 valence electrons. The van der Waals surface area contributed by atoms with Crippen molar-refractivity contribution in [2.45, 2.75) is 32.7 Å². The summed E-state index contributed by atoms with van der Waals surface area (Å²) in [6.07, 6.45) is 6.02. The second-order valence-electron chi connectivity index (χ2n) is 6.46. The van der Waals surface area contributed by atoms with Crippen LogP contribution in [0.4, 0.5) is 4.79 Å². The summed E-state index contributed by atoms with van der Waals surface area (Å²) >= 11 is 0. The number of aliphatic carboxylic acids is 1. The zero-order valence-corrected chi connectivity index (χ0v) is 12.7. The molecule has 2 amide bonds. The van der Waals surface area contributed by atoms with E-state index < -0.39 is 11.4 Å². The predicted octanol–water partition coefficient (Wildman–Crippen LogP) is 1.79. The molecule has 1 aromatic heterocycles. The third-order valence-electron chi connectivity index (χ3n) is 4.96. The molecule has 1 aliphatic carbocycles. The molecule has 0 aromatic carbocycles. The average Bonchev–Trinajstić information content (AvgIpc) is 3.02. The van der Waals surface area contributed by atoms with Gasteiger partial charge in [-0.15, -0.1) is 0 Å². The van der Waals surface area contributed by atoms with E-state index in [1.54, 1.807) is 17.3 Å². The molecule has 6 nitrogen and oxygen atoms in total. The van der Waals surface area contributed by atoms with Gasteiger partial charge in [0.2, 0.25) is 0 Å². The lowest BCUT2D eigenvalue weighted by molar-refractivity contribution is -0.149. The van der Waals surface area contributed by atoms with Gasteiger partial charge in [-0.3, -0.25) is 9.78 Å². The largest absolute Gasteiger partial charge is 0.481 e. The molecule has 1 aromatic rings. The second-order valence-corrected chi connectivity index (χ2v) is 6.46. The highest BCUT2D eigenvalue weighted by atomic mass is 16.4. The predicted molar refractivity (Wildman–Crippen MR) is 80.2 cm³/mol. The van der Waals surface area contributed by atoms with Crippen molar-refractivity contribution in [2.24, 2.45) is 11.3 Å². The van der Waals surface area contributed by atoms with E-state index in [0.717, 1.165) is 24.0 Å². The number of aromatic nitrogens is 1. The van der Waals surface area contributed by atoms with Crippen molar-refractivity contribution in [1.82, 2.24) is 15.2 Å². The first-order valence-corrected chi connectivity index (χ1v) is 7.68. The summed E-state index contributed by atoms with van der Waals surface area (Å²) in [6, 6.07) is 1.79. The van der Waals surface area contributed by atoms with Crippen LogP contribution in [0.2, 0.25) is 0 Å². The molecule has 0 spiro atoms. The van der Waals surface area contributed by atoms with Crippen molar-refractivity contribution in [3.63, 3.8) is 0 Å². The Balaban J connectivity index is 1.61. The Bertz CT molecular complexity index is 604. The maximum Gasteiger partial charge on any atom is 0.317 e. The number of carboxylic acid groups (broad SMARTS) is 1. The third kappa shape index (κ3) is 2.53. The van der Waals surface area contributed by atoms with Gasteiger partial charge in [-0.05, 0) is 36.8 Å². The number of nitrogens with zero attached hydrogens (tertiary/aromatic N) is 2. The number of likely N-dealkylation sites (tertiary alicyclic amines) is 1. The molecule has 2 heterocycles. The summed E-state index contributed by atoms with van der Waals surface area (Å²) in [6.45, 7) is 3.24. The molecule has 22 heavy (non-hydrogen) atoms. The minimum absolute atomic E-state index is 0.0939. The Kier molecular flexibility index (Phi) is 3.76. The standard InChI is InChI=1S/C16H21N3O3/c1-11-5-12(7-17-6-11)8-18-15(22)19-9-13-3-2-4-16(13,10-19)14(20)21/h5-7,13H,2-4,8-10H2,1H3,(H,18,22)(H,20,21)/t13-,16+/m0/s1. The SMILES string of the molecule is Cc1cncc(CNC(=O)N2C[C@@H]3CCC[C@@]3(C(=O)O)C2)c1. The van der Waals surface area contributed by atoms with Crippen LogP contribution in [0.25, 0.3) is 0 Å². The van der Waals surface area contributed by atoms with Gasteiger partial charge in [0, 0.05) is 32.0 Å². The maximum atomic E-state index is 12.3. The molecule has 2 aliphatic rings. The summed E-state index contributed by atoms with van der Waals surface area (Å²) in [5, 5.41) is 12.4. The van der Waals surface area contributed by atoms with Crippen LogP contribution >= 0.6 is 0 Å². The highest BCUT2D eigenvalue weighted by Gasteiger charge is 2.55. The molecule has 0 radical (unpaired) electrons. The maximum absolute atomic E-state index is 12.3. The first kappa shape index (κ1) is 14.8. The van der Waals surface area contributed by atoms with E-state index in [4.69, 9.17) is 0 Å². The van der Waals surface area contributed by atoms with Crippen LogP contribution in [0.3, 0.4) is 0 Å². The fourth-order valence-electron chi connectivity index (χ4n) is 3.80. The zero-order valence-electron chi connectivity index (χ0n) is 12.7. The minimum atomic E-state index is -0.756. The zero-order chi connectivity index (χ0) is 15.7. The van der Waals surface area contributed by atoms with Gasteiger partial charge in [-0.25, -0.2) is 4.79 Å². The molecular weight excluding hydrogens is 282 g/mol. The number of urea groups is 1. The molecule has 3 rings (SSSR count). The Labute approximate surface area is 129 Å². The summed E-state index contributed by atoms with van der Waals surface area (Å²) < 4.78 is 0. The van der Waals surface area contributed by atoms with Crippen molar-refractivity contribution in [3.8, 4) is 0 Å². The number of hydrogen-bond acceptors (Lipinski definition) is 3. The number of pyridine rings is 1. The highest BCUT2D eigenvalue weighted by Crippen LogP contribution is 2.48. The monoisotopic (exact) mass is 303 g/mol. The van der Waals surface area contributed by atoms with Crippen LogP contribution in [0.1, 0.15) is 30.4 Å². The molecule has 0 unspecified atom stereocenters. The number of fused-ring (bicyclic) bond motifs is 1. The topological polar surface area (TPSA) is 82.5 Å². The van der Waals surface area contributed by atoms with Crippen LogP contribution in [0, 0.1) is 18.3 Å². The van der Waals surface area contributed by atoms with Gasteiger partial charge < -0.3 is 15.3 Å². The van der Waals surface area contributed by atoms with Gasteiger partial charge in [0.25, 0.3) is 0 Å². The molecule has 2 N–H and O–H groups in total. The number of rotatable bonds is 3. The lowest BCUT2D eigenvalue weighted by Gasteiger charge is -2.23. The lowest BCUT2D eigenvalue weighted by Crippen LogP contribution is -2.41. The van der Waals surface area contributed by atoms with Crippen LogP contribution < -0.4 is 5.32 Å². The van der Waals surface area contributed by atoms with Gasteiger partial charge in [0.1, 0.15) is 0 Å². The van der Waals surface area contributed by atoms with Crippen LogP contribution in [0.15, 0.2) is 18.5 Å². The minimum Gasteiger partial charge on any atom is -0.481 e. The van der Waals surface area contributed by atoms with E-state index in [1.165, 1.54) is 0 Å². The van der Waals surface area contributed by atoms with Gasteiger partial charge in [0.15, 0.2) is 0 Å². The fraction of sp³-hybridized carbons (Fsp3) is 0.562. The average molecular weight is 303 g/mol. The third-order valence-corrected chi connectivity index (χ3v) is 4.96. The van der Waals surface area contributed by atoms with E-state index >= 15 is 0 Å². The Morgan fingerprint density at radius 2 is 2.32 bits per heavy atom. The number of carbonyl (C=O) groups is 2. The number of carboxylic acids is 1. The van der Waals surface area contributed by atoms with E-state index in [0.29, 0.717) is 26.1 Å². The fourth-order valence-corrected chi connectivity index (χ4v) is 3.80. The summed E-state index contributed by atoms with van der Waals surface area (Å²) in [7, 11) is 0. The molecule has 0 bridgehead atoms. The molecular formula is C16H21N3O3. The molecule has 2 atom stereocenters. The van der Waals surface area contributed by atoms with Crippen LogP contribution in [0.5, 0.6) is 0 Å². The Hall–Kier alpha value is -2.11. The van der Waals surface area contributed by atoms with Crippen molar-refractivity contribution in [1.29, 1.82) is 0 Å². The molecule has 1 saturated carbocycles. The van der Waals surface area contributed by atoms with Crippen molar-refractivity contribution in [3.05, 3.63) is 29.6 Å². The van der Waals surface area contributed by atoms with Crippen molar-refractivity contribution >= 4 is 12.0 Å². The van der Waals surface area contributed by atoms with Crippen molar-refractivity contribution < 1.29 is 14.7 Å². The highest BCUT2D eigenvalue weighted by molar-refractivity contribution is 5.80. The quantitative estimate of drug-likeness (QED) is 0.892. The first-order chi connectivity index (χ1) is 10.5. The van der Waals surface area contributed by atoms with Crippen LogP contribution in [-0.4, -0.2) is 40.1 Å². The lowest BCUT2D eigenvalue weighted by atomic mass is 9.81. The first-order valence-electron chi connectivity index (χ1n) is 7.68. The van der Waals surface area contributed by atoms with Gasteiger partial charge >= 0.3 is 12.0 Å². The summed E-state index contributed by atoms with van der Waals surface area (Å²) in [4.78, 5) is 29.7. The molecule has 1 saturated heterocycles. The number of amides is 2. The van der Waals surface area contributed by atoms with E-state index in [1.807, 2.05) is 13.0 Å². The summed E-state index contributed by atoms with van der Waals surface area (Å²) in [5.74, 6) is -0.662. The second kappa shape index (κ2) is 5.59. The number of nitrogens with one attached hydrogen (secondary N) is 1. The van der Waals surface area contributed by atoms with Gasteiger partial charge in [-0.1, -0.05) is 12.5 Å². The van der Waals surface area contributed by atoms with Gasteiger partial charge in [0.05, 0.1) is 5.41 Å². The Morgan fingerprint density at radius 1 is 1.50 bits per heavy atom. The summed E-state index contributed by atoms with van der Waals surface area (Å²) in [5.41, 5.74) is 1.27. The Morgan fingerprint density at radius 3 is 3.00 bits per heavy atom. The van der Waals surface area contributed by atoms with Gasteiger partial charge in [-0.2, -0.15) is 0 Å². The van der Waals surface area contributed by atoms with E-state index in [2.05, 4.69) is 10.3 Å². The van der Waals surface area contributed by atoms with E-state index in [9.17, 15) is 14.7 Å². The molecule has 2 fully saturated rings. The number of aryl methyl sites for hydroxylation is 1. The smallest absolute Gasteiger partial charge is 0.317 e. The number of hydrogen-bond donors (Lipinski definition) is 2. The molecule has 1 aliphatic heterocycles. The number of carbonyl (C=O) groups excluding carboxylic acids is 1. The normalized spacial score (nSPS) is 26.8.